The SMILES string of the molecule is CC(C)n1nc([C@H](COC(C)(C)C(F)(F)F)c2nc3ccc([C@@H](C4CC4)N4C[C@@H](C(F)(F)F)NC4=O)cc3[nH]2)nc1C(N)=O. The first-order chi connectivity index (χ1) is 20.4. The van der Waals surface area contributed by atoms with Gasteiger partial charge in [-0.05, 0) is 64.2 Å². The van der Waals surface area contributed by atoms with Crippen LogP contribution < -0.4 is 11.1 Å². The van der Waals surface area contributed by atoms with Crippen LogP contribution in [-0.2, 0) is 4.74 Å². The summed E-state index contributed by atoms with van der Waals surface area (Å²) in [4.78, 5) is 37.7. The first kappa shape index (κ1) is 31.5. The lowest BCUT2D eigenvalue weighted by atomic mass is 10.00. The molecule has 0 spiro atoms. The maximum absolute atomic E-state index is 13.6. The van der Waals surface area contributed by atoms with Crippen molar-refractivity contribution in [2.75, 3.05) is 13.2 Å². The average molecular weight is 631 g/mol. The number of nitrogens with two attached hydrogens (primary N) is 1. The third-order valence-electron chi connectivity index (χ3n) is 7.90. The summed E-state index contributed by atoms with van der Waals surface area (Å²) in [7, 11) is 0. The summed E-state index contributed by atoms with van der Waals surface area (Å²) in [5, 5.41) is 6.36. The molecule has 3 aromatic rings. The topological polar surface area (TPSA) is 144 Å². The number of benzene rings is 1. The molecule has 3 heterocycles. The summed E-state index contributed by atoms with van der Waals surface area (Å²) >= 11 is 0. The van der Waals surface area contributed by atoms with Gasteiger partial charge in [0.2, 0.25) is 5.82 Å². The molecular weight excluding hydrogens is 598 g/mol. The number of hydrogen-bond acceptors (Lipinski definition) is 6. The second kappa shape index (κ2) is 10.9. The molecule has 44 heavy (non-hydrogen) atoms. The Labute approximate surface area is 247 Å². The van der Waals surface area contributed by atoms with E-state index in [-0.39, 0.29) is 29.4 Å². The Hall–Kier alpha value is -3.89. The number of fused-ring (bicyclic) bond motifs is 1. The zero-order valence-corrected chi connectivity index (χ0v) is 24.3. The van der Waals surface area contributed by atoms with Crippen LogP contribution in [0.5, 0.6) is 0 Å². The molecule has 0 bridgehead atoms. The lowest BCUT2D eigenvalue weighted by molar-refractivity contribution is -0.264. The summed E-state index contributed by atoms with van der Waals surface area (Å²) < 4.78 is 87.6. The summed E-state index contributed by atoms with van der Waals surface area (Å²) in [6, 6.07) is 1.17. The lowest BCUT2D eigenvalue weighted by Crippen LogP contribution is -2.42. The number of nitrogens with zero attached hydrogens (tertiary/aromatic N) is 5. The highest BCUT2D eigenvalue weighted by Crippen LogP contribution is 2.46. The van der Waals surface area contributed by atoms with Gasteiger partial charge in [0, 0.05) is 6.04 Å². The van der Waals surface area contributed by atoms with Crippen molar-refractivity contribution < 1.29 is 40.7 Å². The standard InChI is InChI=1S/C27H32F6N8O3/c1-12(2)41-23(20(34)42)38-22(39-41)15(11-44-25(3,4)27(31,32)33)21-35-16-8-7-14(9-17(16)36-21)19(13-5-6-13)40-10-18(26(28,29)30)37-24(40)43/h7-9,12-13,15,18-19H,5-6,10-11H2,1-4H3,(H2,34,42)(H,35,36)(H,37,43)/t15-,18+,19-/m1/s1. The predicted molar refractivity (Wildman–Crippen MR) is 143 cm³/mol. The van der Waals surface area contributed by atoms with Gasteiger partial charge in [-0.15, -0.1) is 0 Å². The third-order valence-corrected chi connectivity index (χ3v) is 7.90. The molecule has 1 aliphatic carbocycles. The van der Waals surface area contributed by atoms with Gasteiger partial charge in [-0.25, -0.2) is 19.4 Å². The Morgan fingerprint density at radius 2 is 1.82 bits per heavy atom. The van der Waals surface area contributed by atoms with E-state index < -0.39 is 61.0 Å². The van der Waals surface area contributed by atoms with Gasteiger partial charge in [0.25, 0.3) is 5.91 Å². The number of amides is 3. The predicted octanol–water partition coefficient (Wildman–Crippen LogP) is 4.73. The smallest absolute Gasteiger partial charge is 0.365 e. The number of aromatic nitrogens is 5. The van der Waals surface area contributed by atoms with E-state index in [1.807, 2.05) is 5.32 Å². The second-order valence-electron chi connectivity index (χ2n) is 11.9. The van der Waals surface area contributed by atoms with Gasteiger partial charge in [0.15, 0.2) is 11.4 Å². The zero-order valence-electron chi connectivity index (χ0n) is 24.3. The number of primary amides is 1. The van der Waals surface area contributed by atoms with E-state index in [2.05, 4.69) is 20.1 Å². The molecule has 0 unspecified atom stereocenters. The molecule has 11 nitrogen and oxygen atoms in total. The Morgan fingerprint density at radius 3 is 2.34 bits per heavy atom. The minimum absolute atomic E-state index is 0.0326. The fourth-order valence-corrected chi connectivity index (χ4v) is 5.16. The van der Waals surface area contributed by atoms with E-state index in [1.165, 1.54) is 9.58 Å². The van der Waals surface area contributed by atoms with Crippen LogP contribution in [-0.4, -0.2) is 78.7 Å². The maximum Gasteiger partial charge on any atom is 0.416 e. The quantitative estimate of drug-likeness (QED) is 0.277. The number of rotatable bonds is 10. The van der Waals surface area contributed by atoms with E-state index in [0.29, 0.717) is 16.6 Å². The van der Waals surface area contributed by atoms with Crippen LogP contribution in [0.2, 0.25) is 0 Å². The Kier molecular flexibility index (Phi) is 7.83. The van der Waals surface area contributed by atoms with E-state index >= 15 is 0 Å². The molecule has 1 saturated heterocycles. The number of H-pyrrole nitrogens is 1. The van der Waals surface area contributed by atoms with Crippen LogP contribution in [0, 0.1) is 5.92 Å². The average Bonchev–Trinajstić information content (AvgIpc) is 3.29. The van der Waals surface area contributed by atoms with E-state index in [9.17, 15) is 35.9 Å². The van der Waals surface area contributed by atoms with Gasteiger partial charge < -0.3 is 25.7 Å². The van der Waals surface area contributed by atoms with Crippen LogP contribution in [0.15, 0.2) is 18.2 Å². The molecule has 0 radical (unpaired) electrons. The van der Waals surface area contributed by atoms with E-state index in [1.54, 1.807) is 32.0 Å². The molecule has 4 N–H and O–H groups in total. The van der Waals surface area contributed by atoms with Crippen molar-refractivity contribution >= 4 is 23.0 Å². The van der Waals surface area contributed by atoms with Crippen molar-refractivity contribution in [3.05, 3.63) is 41.2 Å². The highest BCUT2D eigenvalue weighted by atomic mass is 19.4. The molecule has 1 aromatic carbocycles. The van der Waals surface area contributed by atoms with Gasteiger partial charge >= 0.3 is 18.4 Å². The molecule has 2 aliphatic rings. The second-order valence-corrected chi connectivity index (χ2v) is 11.9. The highest BCUT2D eigenvalue weighted by Gasteiger charge is 2.51. The monoisotopic (exact) mass is 630 g/mol. The lowest BCUT2D eigenvalue weighted by Gasteiger charge is -2.29. The van der Waals surface area contributed by atoms with Gasteiger partial charge in [-0.1, -0.05) is 6.07 Å². The van der Waals surface area contributed by atoms with E-state index in [0.717, 1.165) is 26.7 Å². The summed E-state index contributed by atoms with van der Waals surface area (Å²) in [6.07, 6.45) is -7.83. The highest BCUT2D eigenvalue weighted by molar-refractivity contribution is 5.89. The van der Waals surface area contributed by atoms with Crippen molar-refractivity contribution in [3.63, 3.8) is 0 Å². The van der Waals surface area contributed by atoms with Gasteiger partial charge in [0.05, 0.1) is 30.2 Å². The van der Waals surface area contributed by atoms with Gasteiger partial charge in [-0.3, -0.25) is 4.79 Å². The van der Waals surface area contributed by atoms with Crippen molar-refractivity contribution in [2.24, 2.45) is 11.7 Å². The normalized spacial score (nSPS) is 19.6. The van der Waals surface area contributed by atoms with E-state index in [4.69, 9.17) is 10.5 Å². The Balaban J connectivity index is 1.52. The molecule has 3 amide bonds. The fourth-order valence-electron chi connectivity index (χ4n) is 5.16. The van der Waals surface area contributed by atoms with Crippen molar-refractivity contribution in [1.82, 2.24) is 34.9 Å². The molecule has 1 aliphatic heterocycles. The first-order valence-electron chi connectivity index (χ1n) is 14.0. The van der Waals surface area contributed by atoms with Gasteiger partial charge in [-0.2, -0.15) is 31.4 Å². The minimum atomic E-state index is -4.70. The molecule has 2 aromatic heterocycles. The number of nitrogens with one attached hydrogen (secondary N) is 2. The number of hydrogen-bond donors (Lipinski definition) is 3. The number of ether oxygens (including phenoxy) is 1. The first-order valence-corrected chi connectivity index (χ1v) is 14.0. The number of urea groups is 1. The Morgan fingerprint density at radius 1 is 1.14 bits per heavy atom. The number of alkyl halides is 6. The number of imidazole rings is 1. The summed E-state index contributed by atoms with van der Waals surface area (Å²) in [5.41, 5.74) is 4.34. The van der Waals surface area contributed by atoms with Crippen molar-refractivity contribution in [2.45, 2.75) is 82.5 Å². The molecule has 1 saturated carbocycles. The summed E-state index contributed by atoms with van der Waals surface area (Å²) in [5.74, 6) is -2.12. The molecule has 17 heteroatoms. The molecule has 3 atom stereocenters. The zero-order chi connectivity index (χ0) is 32.4. The molecule has 5 rings (SSSR count). The van der Waals surface area contributed by atoms with Crippen molar-refractivity contribution in [1.29, 1.82) is 0 Å². The largest absolute Gasteiger partial charge is 0.416 e. The van der Waals surface area contributed by atoms with Crippen LogP contribution in [0.1, 0.15) is 86.4 Å². The molecule has 240 valence electrons. The third kappa shape index (κ3) is 6.05. The van der Waals surface area contributed by atoms with Crippen LogP contribution in [0.4, 0.5) is 31.1 Å². The Bertz CT molecular complexity index is 1560. The van der Waals surface area contributed by atoms with Gasteiger partial charge in [0.1, 0.15) is 17.8 Å². The number of aromatic amines is 1. The molecule has 2 fully saturated rings. The van der Waals surface area contributed by atoms with Crippen molar-refractivity contribution in [3.8, 4) is 0 Å². The maximum atomic E-state index is 13.6. The number of carbonyl (C=O) groups excluding carboxylic acids is 2. The summed E-state index contributed by atoms with van der Waals surface area (Å²) in [6.45, 7) is 4.09. The molecular formula is C27H32F6N8O3. The van der Waals surface area contributed by atoms with Crippen LogP contribution >= 0.6 is 0 Å². The number of halogens is 6. The van der Waals surface area contributed by atoms with Crippen LogP contribution in [0.25, 0.3) is 11.0 Å². The van der Waals surface area contributed by atoms with Crippen LogP contribution in [0.3, 0.4) is 0 Å². The number of carbonyl (C=O) groups is 2. The fraction of sp³-hybridized carbons (Fsp3) is 0.593. The minimum Gasteiger partial charge on any atom is -0.365 e.